The Morgan fingerprint density at radius 3 is 2.00 bits per heavy atom. The first-order chi connectivity index (χ1) is 5.01. The molecule has 0 N–H and O–H groups in total. The molecule has 0 bridgehead atoms. The van der Waals surface area contributed by atoms with E-state index in [1.54, 1.807) is 0 Å². The lowest BCUT2D eigenvalue weighted by Gasteiger charge is -2.24. The third-order valence-electron chi connectivity index (χ3n) is 2.37. The van der Waals surface area contributed by atoms with Gasteiger partial charge in [-0.05, 0) is 24.7 Å². The lowest BCUT2D eigenvalue weighted by atomic mass is 9.91. The highest BCUT2D eigenvalue weighted by molar-refractivity contribution is 7.91. The van der Waals surface area contributed by atoms with Crippen molar-refractivity contribution in [3.63, 3.8) is 0 Å². The van der Waals surface area contributed by atoms with Gasteiger partial charge >= 0.3 is 0 Å². The fourth-order valence-corrected chi connectivity index (χ4v) is 2.96. The van der Waals surface area contributed by atoms with Gasteiger partial charge in [-0.25, -0.2) is 8.42 Å². The first-order valence-electron chi connectivity index (χ1n) is 4.02. The van der Waals surface area contributed by atoms with Crippen LogP contribution in [0.4, 0.5) is 0 Å². The second-order valence-corrected chi connectivity index (χ2v) is 5.81. The van der Waals surface area contributed by atoms with Crippen LogP contribution in [0.3, 0.4) is 0 Å². The maximum Gasteiger partial charge on any atom is 0.150 e. The molecule has 1 fully saturated rings. The van der Waals surface area contributed by atoms with Gasteiger partial charge in [0.1, 0.15) is 9.84 Å². The number of hydrogen-bond acceptors (Lipinski definition) is 2. The van der Waals surface area contributed by atoms with Crippen LogP contribution in [0.5, 0.6) is 0 Å². The topological polar surface area (TPSA) is 34.1 Å². The molecule has 3 heteroatoms. The van der Waals surface area contributed by atoms with Gasteiger partial charge < -0.3 is 0 Å². The Kier molecular flexibility index (Phi) is 2.58. The van der Waals surface area contributed by atoms with Crippen molar-refractivity contribution in [1.82, 2.24) is 0 Å². The molecule has 1 rings (SSSR count). The van der Waals surface area contributed by atoms with E-state index in [9.17, 15) is 8.42 Å². The third kappa shape index (κ3) is 2.47. The maximum atomic E-state index is 11.0. The molecular weight excluding hydrogens is 160 g/mol. The lowest BCUT2D eigenvalue weighted by Crippen LogP contribution is -2.25. The van der Waals surface area contributed by atoms with Crippen LogP contribution < -0.4 is 0 Å². The van der Waals surface area contributed by atoms with Crippen molar-refractivity contribution in [2.45, 2.75) is 26.7 Å². The molecule has 1 aliphatic heterocycles. The summed E-state index contributed by atoms with van der Waals surface area (Å²) in [6.07, 6.45) is 1.68. The molecule has 0 amide bonds. The van der Waals surface area contributed by atoms with E-state index in [0.29, 0.717) is 17.4 Å². The monoisotopic (exact) mass is 175 g/mol. The van der Waals surface area contributed by atoms with Gasteiger partial charge in [-0.15, -0.1) is 0 Å². The maximum absolute atomic E-state index is 11.0. The summed E-state index contributed by atoms with van der Waals surface area (Å²) in [5.41, 5.74) is 0. The lowest BCUT2D eigenvalue weighted by molar-refractivity contribution is 0.481. The minimum Gasteiger partial charge on any atom is -0.229 e. The summed E-state index contributed by atoms with van der Waals surface area (Å²) in [6.45, 7) is 4.17. The number of rotatable bonds is 1. The van der Waals surface area contributed by atoms with E-state index < -0.39 is 9.84 Å². The molecule has 0 aliphatic carbocycles. The smallest absolute Gasteiger partial charge is 0.150 e. The van der Waals surface area contributed by atoms with Gasteiger partial charge in [0.2, 0.25) is 0 Å². The van der Waals surface area contributed by atoms with E-state index >= 15 is 0 Å². The average Bonchev–Trinajstić information content (AvgIpc) is 1.86. The molecule has 2 nitrogen and oxygen atoms in total. The zero-order chi connectivity index (χ0) is 8.48. The van der Waals surface area contributed by atoms with Crippen molar-refractivity contribution >= 4 is 9.84 Å². The molecule has 0 aromatic carbocycles. The van der Waals surface area contributed by atoms with Gasteiger partial charge in [-0.2, -0.15) is 0 Å². The summed E-state index contributed by atoms with van der Waals surface area (Å²) in [5, 5.41) is 0. The second kappa shape index (κ2) is 3.13. The first-order valence-corrected chi connectivity index (χ1v) is 5.84. The van der Waals surface area contributed by atoms with Gasteiger partial charge in [0.25, 0.3) is 0 Å². The molecular formula is C8H15O2S. The van der Waals surface area contributed by atoms with Crippen molar-refractivity contribution in [3.05, 3.63) is 5.92 Å². The molecule has 11 heavy (non-hydrogen) atoms. The fourth-order valence-electron chi connectivity index (χ4n) is 1.47. The summed E-state index contributed by atoms with van der Waals surface area (Å²) in [7, 11) is -2.66. The summed E-state index contributed by atoms with van der Waals surface area (Å²) in [6, 6.07) is 0. The van der Waals surface area contributed by atoms with Crippen molar-refractivity contribution in [1.29, 1.82) is 0 Å². The largest absolute Gasteiger partial charge is 0.229 e. The van der Waals surface area contributed by atoms with Crippen molar-refractivity contribution in [3.8, 4) is 0 Å². The molecule has 0 unspecified atom stereocenters. The molecule has 1 radical (unpaired) electrons. The Bertz CT molecular complexity index is 202. The highest BCUT2D eigenvalue weighted by Crippen LogP contribution is 2.26. The van der Waals surface area contributed by atoms with Crippen LogP contribution in [0, 0.1) is 11.8 Å². The van der Waals surface area contributed by atoms with Crippen molar-refractivity contribution < 1.29 is 8.42 Å². The minimum absolute atomic E-state index is 0.392. The number of hydrogen-bond donors (Lipinski definition) is 0. The van der Waals surface area contributed by atoms with Crippen LogP contribution in [0.25, 0.3) is 0 Å². The Morgan fingerprint density at radius 1 is 1.18 bits per heavy atom. The number of sulfone groups is 1. The zero-order valence-corrected chi connectivity index (χ0v) is 7.95. The highest BCUT2D eigenvalue weighted by Gasteiger charge is 2.25. The fraction of sp³-hybridized carbons (Fsp3) is 0.875. The molecule has 1 saturated heterocycles. The zero-order valence-electron chi connectivity index (χ0n) is 7.13. The summed E-state index contributed by atoms with van der Waals surface area (Å²) < 4.78 is 22.0. The normalized spacial score (nSPS) is 25.7. The first kappa shape index (κ1) is 9.04. The van der Waals surface area contributed by atoms with Gasteiger partial charge in [-0.1, -0.05) is 13.8 Å². The van der Waals surface area contributed by atoms with E-state index in [1.165, 1.54) is 5.92 Å². The van der Waals surface area contributed by atoms with Crippen LogP contribution in [0.2, 0.25) is 0 Å². The average molecular weight is 175 g/mol. The van der Waals surface area contributed by atoms with Crippen molar-refractivity contribution in [2.24, 2.45) is 5.92 Å². The molecule has 1 aliphatic rings. The Morgan fingerprint density at radius 2 is 1.64 bits per heavy atom. The molecule has 0 spiro atoms. The SMILES string of the molecule is C[C](C)C1CCS(=O)(=O)CC1. The van der Waals surface area contributed by atoms with Crippen LogP contribution in [-0.2, 0) is 9.84 Å². The third-order valence-corrected chi connectivity index (χ3v) is 4.09. The van der Waals surface area contributed by atoms with Crippen LogP contribution in [-0.4, -0.2) is 19.9 Å². The van der Waals surface area contributed by atoms with Gasteiger partial charge in [0, 0.05) is 0 Å². The van der Waals surface area contributed by atoms with Crippen molar-refractivity contribution in [2.75, 3.05) is 11.5 Å². The van der Waals surface area contributed by atoms with Gasteiger partial charge in [0.05, 0.1) is 11.5 Å². The molecule has 0 atom stereocenters. The quantitative estimate of drug-likeness (QED) is 0.604. The van der Waals surface area contributed by atoms with Crippen LogP contribution >= 0.6 is 0 Å². The summed E-state index contributed by atoms with van der Waals surface area (Å²) >= 11 is 0. The summed E-state index contributed by atoms with van der Waals surface area (Å²) in [5.74, 6) is 2.71. The van der Waals surface area contributed by atoms with Crippen LogP contribution in [0.15, 0.2) is 0 Å². The van der Waals surface area contributed by atoms with E-state index in [2.05, 4.69) is 13.8 Å². The van der Waals surface area contributed by atoms with Gasteiger partial charge in [-0.3, -0.25) is 0 Å². The Balaban J connectivity index is 2.49. The molecule has 65 valence electrons. The predicted octanol–water partition coefficient (Wildman–Crippen LogP) is 1.43. The summed E-state index contributed by atoms with van der Waals surface area (Å²) in [4.78, 5) is 0. The van der Waals surface area contributed by atoms with E-state index in [-0.39, 0.29) is 0 Å². The molecule has 0 saturated carbocycles. The van der Waals surface area contributed by atoms with E-state index in [4.69, 9.17) is 0 Å². The standard InChI is InChI=1S/C8H15O2S/c1-7(2)8-3-5-11(9,10)6-4-8/h8H,3-6H2,1-2H3. The Labute approximate surface area is 68.9 Å². The van der Waals surface area contributed by atoms with E-state index in [1.807, 2.05) is 0 Å². The highest BCUT2D eigenvalue weighted by atomic mass is 32.2. The Hall–Kier alpha value is -0.0500. The van der Waals surface area contributed by atoms with Gasteiger partial charge in [0.15, 0.2) is 0 Å². The van der Waals surface area contributed by atoms with E-state index in [0.717, 1.165) is 12.8 Å². The van der Waals surface area contributed by atoms with Crippen LogP contribution in [0.1, 0.15) is 26.7 Å². The minimum atomic E-state index is -2.66. The molecule has 0 aromatic rings. The second-order valence-electron chi connectivity index (χ2n) is 3.50. The molecule has 1 heterocycles. The molecule has 0 aromatic heterocycles. The predicted molar refractivity (Wildman–Crippen MR) is 46.0 cm³/mol.